The average Bonchev–Trinajstić information content (AvgIpc) is 3.31. The van der Waals surface area contributed by atoms with Crippen molar-refractivity contribution in [2.24, 2.45) is 40.6 Å². The molecule has 4 aliphatic rings. The van der Waals surface area contributed by atoms with Crippen LogP contribution in [0.1, 0.15) is 84.5 Å². The second-order valence-corrected chi connectivity index (χ2v) is 12.0. The van der Waals surface area contributed by atoms with Crippen LogP contribution in [0.2, 0.25) is 0 Å². The quantitative estimate of drug-likeness (QED) is 0.462. The van der Waals surface area contributed by atoms with Gasteiger partial charge >= 0.3 is 0 Å². The summed E-state index contributed by atoms with van der Waals surface area (Å²) >= 11 is 0. The molecule has 0 radical (unpaired) electrons. The van der Waals surface area contributed by atoms with E-state index in [1.54, 1.807) is 4.90 Å². The zero-order chi connectivity index (χ0) is 24.6. The molecule has 4 rings (SSSR count). The molecular formula is C26H42N4O4. The summed E-state index contributed by atoms with van der Waals surface area (Å²) in [6, 6.07) is -2.18. The van der Waals surface area contributed by atoms with Crippen LogP contribution in [0.25, 0.3) is 0 Å². The van der Waals surface area contributed by atoms with E-state index < -0.39 is 29.8 Å². The van der Waals surface area contributed by atoms with E-state index in [1.807, 2.05) is 0 Å². The number of hydrogen-bond donors (Lipinski definition) is 3. The molecule has 8 nitrogen and oxygen atoms in total. The van der Waals surface area contributed by atoms with Crippen LogP contribution in [0.3, 0.4) is 0 Å². The van der Waals surface area contributed by atoms with E-state index in [0.29, 0.717) is 18.9 Å². The largest absolute Gasteiger partial charge is 0.363 e. The molecule has 5 atom stereocenters. The van der Waals surface area contributed by atoms with Crippen LogP contribution >= 0.6 is 0 Å². The van der Waals surface area contributed by atoms with Gasteiger partial charge in [-0.25, -0.2) is 0 Å². The molecule has 5 N–H and O–H groups in total. The van der Waals surface area contributed by atoms with Gasteiger partial charge in [0.2, 0.25) is 17.6 Å². The van der Waals surface area contributed by atoms with Crippen molar-refractivity contribution in [2.45, 2.75) is 103 Å². The minimum atomic E-state index is -1.02. The number of nitrogens with zero attached hydrogens (tertiary/aromatic N) is 1. The number of amides is 3. The standard InChI is InChI=1S/C26H42N4O4/c1-26(2)12-11-17-18(26)14-30(25(34)20(27)16-9-4-3-5-10-16)21(17)24(33)29-19(22(31)23(28)32)13-15-7-6-8-15/h15-21H,3-14,27H2,1-2H3,(H2,28,32)(H,29,33)/t17-,18-,19?,20-,21-/m0/s1. The van der Waals surface area contributed by atoms with E-state index in [1.165, 1.54) is 6.42 Å². The first-order valence-corrected chi connectivity index (χ1v) is 13.3. The van der Waals surface area contributed by atoms with E-state index in [9.17, 15) is 19.2 Å². The third-order valence-corrected chi connectivity index (χ3v) is 9.44. The highest BCUT2D eigenvalue weighted by Gasteiger charge is 2.56. The van der Waals surface area contributed by atoms with Crippen LogP contribution in [0.5, 0.6) is 0 Å². The minimum absolute atomic E-state index is 0.0293. The van der Waals surface area contributed by atoms with Crippen LogP contribution < -0.4 is 16.8 Å². The SMILES string of the molecule is CC1(C)CC[C@@H]2[C@@H](C(=O)NC(CC3CCC3)C(=O)C(N)=O)N(C(=O)[C@@H](N)C3CCCCC3)C[C@@H]21. The van der Waals surface area contributed by atoms with Crippen molar-refractivity contribution in [3.8, 4) is 0 Å². The van der Waals surface area contributed by atoms with E-state index in [0.717, 1.165) is 57.8 Å². The topological polar surface area (TPSA) is 136 Å². The van der Waals surface area contributed by atoms with Crippen molar-refractivity contribution in [3.63, 3.8) is 0 Å². The number of carbonyl (C=O) groups excluding carboxylic acids is 4. The normalized spacial score (nSPS) is 30.8. The van der Waals surface area contributed by atoms with Crippen molar-refractivity contribution in [2.75, 3.05) is 6.54 Å². The van der Waals surface area contributed by atoms with Crippen molar-refractivity contribution >= 4 is 23.5 Å². The minimum Gasteiger partial charge on any atom is -0.363 e. The fraction of sp³-hybridized carbons (Fsp3) is 0.846. The lowest BCUT2D eigenvalue weighted by Crippen LogP contribution is -2.57. The maximum absolute atomic E-state index is 13.7. The predicted molar refractivity (Wildman–Crippen MR) is 128 cm³/mol. The fourth-order valence-electron chi connectivity index (χ4n) is 6.99. The lowest BCUT2D eigenvalue weighted by molar-refractivity contribution is -0.143. The number of primary amides is 1. The third-order valence-electron chi connectivity index (χ3n) is 9.44. The van der Waals surface area contributed by atoms with E-state index in [2.05, 4.69) is 19.2 Å². The third kappa shape index (κ3) is 4.88. The molecule has 3 saturated carbocycles. The molecule has 3 aliphatic carbocycles. The fourth-order valence-corrected chi connectivity index (χ4v) is 6.99. The van der Waals surface area contributed by atoms with Crippen molar-refractivity contribution < 1.29 is 19.2 Å². The number of nitrogens with two attached hydrogens (primary N) is 2. The van der Waals surface area contributed by atoms with Gasteiger partial charge in [0.15, 0.2) is 0 Å². The number of carbonyl (C=O) groups is 4. The summed E-state index contributed by atoms with van der Waals surface area (Å²) in [4.78, 5) is 53.3. The Labute approximate surface area is 202 Å². The number of likely N-dealkylation sites (tertiary alicyclic amines) is 1. The molecule has 1 saturated heterocycles. The van der Waals surface area contributed by atoms with Crippen LogP contribution in [0, 0.1) is 29.1 Å². The number of Topliss-reactive ketones (excluding diaryl/α,β-unsaturated/α-hetero) is 1. The summed E-state index contributed by atoms with van der Waals surface area (Å²) in [5, 5.41) is 2.86. The molecule has 1 heterocycles. The molecule has 0 aromatic rings. The van der Waals surface area contributed by atoms with Crippen molar-refractivity contribution in [1.82, 2.24) is 10.2 Å². The Morgan fingerprint density at radius 3 is 2.26 bits per heavy atom. The maximum atomic E-state index is 13.7. The Bertz CT molecular complexity index is 818. The Morgan fingerprint density at radius 1 is 1.00 bits per heavy atom. The highest BCUT2D eigenvalue weighted by molar-refractivity contribution is 6.37. The van der Waals surface area contributed by atoms with Gasteiger partial charge in [-0.1, -0.05) is 52.4 Å². The molecule has 0 bridgehead atoms. The predicted octanol–water partition coefficient (Wildman–Crippen LogP) is 1.89. The second kappa shape index (κ2) is 9.96. The molecule has 34 heavy (non-hydrogen) atoms. The van der Waals surface area contributed by atoms with Crippen LogP contribution in [0.15, 0.2) is 0 Å². The number of fused-ring (bicyclic) bond motifs is 1. The first kappa shape index (κ1) is 25.1. The Morgan fingerprint density at radius 2 is 1.68 bits per heavy atom. The number of ketones is 1. The summed E-state index contributed by atoms with van der Waals surface area (Å²) in [7, 11) is 0. The Hall–Kier alpha value is -1.96. The van der Waals surface area contributed by atoms with Crippen molar-refractivity contribution in [1.29, 1.82) is 0 Å². The van der Waals surface area contributed by atoms with Gasteiger partial charge < -0.3 is 21.7 Å². The van der Waals surface area contributed by atoms with Gasteiger partial charge in [0.05, 0.1) is 12.1 Å². The Kier molecular flexibility index (Phi) is 7.36. The number of rotatable bonds is 8. The molecule has 3 amide bonds. The first-order chi connectivity index (χ1) is 16.1. The van der Waals surface area contributed by atoms with Gasteiger partial charge in [-0.2, -0.15) is 0 Å². The van der Waals surface area contributed by atoms with E-state index >= 15 is 0 Å². The monoisotopic (exact) mass is 474 g/mol. The molecule has 1 aliphatic heterocycles. The summed E-state index contributed by atoms with van der Waals surface area (Å²) in [6.07, 6.45) is 10.6. The van der Waals surface area contributed by atoms with Crippen LogP contribution in [-0.4, -0.2) is 53.1 Å². The zero-order valence-electron chi connectivity index (χ0n) is 20.8. The zero-order valence-corrected chi connectivity index (χ0v) is 20.8. The summed E-state index contributed by atoms with van der Waals surface area (Å²) in [5.41, 5.74) is 11.8. The van der Waals surface area contributed by atoms with Crippen molar-refractivity contribution in [3.05, 3.63) is 0 Å². The molecule has 0 aromatic carbocycles. The average molecular weight is 475 g/mol. The lowest BCUT2D eigenvalue weighted by atomic mass is 9.79. The molecule has 1 unspecified atom stereocenters. The molecule has 8 heteroatoms. The molecule has 0 spiro atoms. The Balaban J connectivity index is 1.54. The number of hydrogen-bond acceptors (Lipinski definition) is 5. The van der Waals surface area contributed by atoms with Crippen LogP contribution in [0.4, 0.5) is 0 Å². The maximum Gasteiger partial charge on any atom is 0.287 e. The molecule has 190 valence electrons. The molecule has 0 aromatic heterocycles. The van der Waals surface area contributed by atoms with Gasteiger partial charge in [-0.15, -0.1) is 0 Å². The van der Waals surface area contributed by atoms with Gasteiger partial charge in [0.25, 0.3) is 5.91 Å². The summed E-state index contributed by atoms with van der Waals surface area (Å²) < 4.78 is 0. The second-order valence-electron chi connectivity index (χ2n) is 12.0. The molecule has 4 fully saturated rings. The summed E-state index contributed by atoms with van der Waals surface area (Å²) in [5.74, 6) is -1.55. The van der Waals surface area contributed by atoms with Crippen LogP contribution in [-0.2, 0) is 19.2 Å². The lowest BCUT2D eigenvalue weighted by Gasteiger charge is -2.35. The first-order valence-electron chi connectivity index (χ1n) is 13.3. The number of nitrogens with one attached hydrogen (secondary N) is 1. The smallest absolute Gasteiger partial charge is 0.287 e. The van der Waals surface area contributed by atoms with E-state index in [4.69, 9.17) is 11.5 Å². The van der Waals surface area contributed by atoms with Gasteiger partial charge in [0.1, 0.15) is 6.04 Å². The van der Waals surface area contributed by atoms with Gasteiger partial charge in [-0.3, -0.25) is 19.2 Å². The highest BCUT2D eigenvalue weighted by atomic mass is 16.2. The molecular weight excluding hydrogens is 432 g/mol. The highest BCUT2D eigenvalue weighted by Crippen LogP contribution is 2.53. The summed E-state index contributed by atoms with van der Waals surface area (Å²) in [6.45, 7) is 4.93. The van der Waals surface area contributed by atoms with Gasteiger partial charge in [0, 0.05) is 6.54 Å². The van der Waals surface area contributed by atoms with E-state index in [-0.39, 0.29) is 35.0 Å². The van der Waals surface area contributed by atoms with Gasteiger partial charge in [-0.05, 0) is 61.2 Å².